The number of carbonyl (C=O) groups excluding carboxylic acids is 2. The van der Waals surface area contributed by atoms with Gasteiger partial charge in [0, 0.05) is 12.8 Å². The molecule has 1 aliphatic heterocycles. The van der Waals surface area contributed by atoms with Gasteiger partial charge in [-0.3, -0.25) is 14.1 Å². The Bertz CT molecular complexity index is 1250. The Morgan fingerprint density at radius 1 is 0.638 bits per heavy atom. The van der Waals surface area contributed by atoms with Crippen LogP contribution < -0.4 is 0 Å². The molecule has 1 saturated heterocycles. The molecule has 58 heavy (non-hydrogen) atoms. The van der Waals surface area contributed by atoms with E-state index >= 15 is 0 Å². The predicted molar refractivity (Wildman–Crippen MR) is 229 cm³/mol. The van der Waals surface area contributed by atoms with E-state index in [0.717, 1.165) is 77.0 Å². The van der Waals surface area contributed by atoms with Crippen LogP contribution in [0.15, 0.2) is 49.1 Å². The number of unbranched alkanes of at least 4 members (excludes halogenated alkanes) is 18. The molecular formula is C45H78O12S. The molecule has 0 aromatic carbocycles. The Hall–Kier alpha value is -2.39. The van der Waals surface area contributed by atoms with Crippen molar-refractivity contribution in [2.45, 2.75) is 204 Å². The summed E-state index contributed by atoms with van der Waals surface area (Å²) < 4.78 is 54.0. The van der Waals surface area contributed by atoms with Crippen LogP contribution >= 0.6 is 0 Å². The van der Waals surface area contributed by atoms with Gasteiger partial charge in [0.15, 0.2) is 12.4 Å². The van der Waals surface area contributed by atoms with E-state index in [0.29, 0.717) is 12.8 Å². The fourth-order valence-corrected chi connectivity index (χ4v) is 7.30. The van der Waals surface area contributed by atoms with Crippen molar-refractivity contribution >= 4 is 22.1 Å². The van der Waals surface area contributed by atoms with E-state index < -0.39 is 71.2 Å². The van der Waals surface area contributed by atoms with Crippen molar-refractivity contribution in [1.82, 2.24) is 0 Å². The number of aliphatic hydroxyl groups excluding tert-OH is 3. The topological polar surface area (TPSA) is 186 Å². The molecule has 0 radical (unpaired) electrons. The molecule has 4 N–H and O–H groups in total. The van der Waals surface area contributed by atoms with Gasteiger partial charge in [-0.25, -0.2) is 0 Å². The summed E-state index contributed by atoms with van der Waals surface area (Å²) in [6.45, 7) is 5.15. The standard InChI is InChI=1S/C45H78O12S/c1-3-5-7-9-11-13-15-17-19-21-23-25-27-29-31-33-40(46)54-35-38(36-55-45-44(50)43(49)42(48)39(57-45)37-58(51,52)53)56-41(47)34-32-30-28-26-24-22-20-18-16-14-12-10-8-6-4-2/h3,6,8,12,14,18,20,38-39,42-45,48-50H,1,4-5,7,9-11,13,15-17,19,21-37H2,2H3,(H,51,52,53)/b8-6+,14-12+,20-18+/t38-,39-,42-,43?,44?,45+/m1/s1. The fraction of sp³-hybridized carbons (Fsp3) is 0.778. The maximum absolute atomic E-state index is 12.8. The monoisotopic (exact) mass is 843 g/mol. The van der Waals surface area contributed by atoms with Gasteiger partial charge >= 0.3 is 11.9 Å². The van der Waals surface area contributed by atoms with Gasteiger partial charge in [0.05, 0.1) is 6.61 Å². The molecule has 1 heterocycles. The van der Waals surface area contributed by atoms with Crippen LogP contribution in [0.5, 0.6) is 0 Å². The van der Waals surface area contributed by atoms with E-state index in [9.17, 15) is 37.9 Å². The molecule has 0 aliphatic carbocycles. The first-order valence-corrected chi connectivity index (χ1v) is 23.8. The molecule has 0 spiro atoms. The summed E-state index contributed by atoms with van der Waals surface area (Å²) in [7, 11) is -4.60. The summed E-state index contributed by atoms with van der Waals surface area (Å²) in [4.78, 5) is 25.4. The summed E-state index contributed by atoms with van der Waals surface area (Å²) in [6.07, 6.45) is 30.5. The molecule has 0 aromatic heterocycles. The second-order valence-corrected chi connectivity index (χ2v) is 16.9. The molecule has 1 fully saturated rings. The number of hydrogen-bond donors (Lipinski definition) is 4. The fourth-order valence-electron chi connectivity index (χ4n) is 6.61. The molecule has 0 saturated carbocycles. The Balaban J connectivity index is 2.46. The quantitative estimate of drug-likeness (QED) is 0.0202. The lowest BCUT2D eigenvalue weighted by atomic mass is 10.00. The summed E-state index contributed by atoms with van der Waals surface area (Å²) >= 11 is 0. The first-order chi connectivity index (χ1) is 28.0. The number of esters is 2. The van der Waals surface area contributed by atoms with E-state index in [1.54, 1.807) is 0 Å². The first-order valence-electron chi connectivity index (χ1n) is 22.2. The van der Waals surface area contributed by atoms with Gasteiger partial charge in [-0.15, -0.1) is 6.58 Å². The largest absolute Gasteiger partial charge is 0.462 e. The normalized spacial score (nSPS) is 20.6. The average molecular weight is 843 g/mol. The highest BCUT2D eigenvalue weighted by Gasteiger charge is 2.46. The molecule has 336 valence electrons. The molecule has 2 unspecified atom stereocenters. The Kier molecular flexibility index (Phi) is 32.7. The first kappa shape index (κ1) is 53.6. The summed E-state index contributed by atoms with van der Waals surface area (Å²) in [6, 6.07) is 0. The van der Waals surface area contributed by atoms with Gasteiger partial charge < -0.3 is 34.3 Å². The SMILES string of the molecule is C=CCCCCCCCCCCCCCCCC(=O)OC[C@H](CO[C@H]1O[C@H](CS(=O)(=O)O)[C@@H](O)C(O)C1O)OC(=O)CCCCCCC/C=C/C/C=C/C/C=C/CC. The second kappa shape index (κ2) is 35.4. The molecule has 0 amide bonds. The lowest BCUT2D eigenvalue weighted by molar-refractivity contribution is -0.297. The van der Waals surface area contributed by atoms with Crippen LogP contribution in [0.3, 0.4) is 0 Å². The number of hydrogen-bond acceptors (Lipinski definition) is 11. The highest BCUT2D eigenvalue weighted by Crippen LogP contribution is 2.24. The van der Waals surface area contributed by atoms with Crippen LogP contribution in [0.2, 0.25) is 0 Å². The van der Waals surface area contributed by atoms with Crippen LogP contribution in [0, 0.1) is 0 Å². The van der Waals surface area contributed by atoms with Crippen LogP contribution in [0.1, 0.15) is 167 Å². The van der Waals surface area contributed by atoms with E-state index in [4.69, 9.17) is 18.9 Å². The number of rotatable bonds is 37. The summed E-state index contributed by atoms with van der Waals surface area (Å²) in [5, 5.41) is 30.9. The third-order valence-electron chi connectivity index (χ3n) is 10.0. The molecule has 13 heteroatoms. The minimum atomic E-state index is -4.60. The maximum Gasteiger partial charge on any atom is 0.306 e. The highest BCUT2D eigenvalue weighted by atomic mass is 32.2. The molecule has 0 bridgehead atoms. The minimum absolute atomic E-state index is 0.143. The van der Waals surface area contributed by atoms with Crippen molar-refractivity contribution in [3.05, 3.63) is 49.1 Å². The van der Waals surface area contributed by atoms with E-state index in [-0.39, 0.29) is 19.4 Å². The van der Waals surface area contributed by atoms with E-state index in [1.807, 2.05) is 6.08 Å². The lowest BCUT2D eigenvalue weighted by Crippen LogP contribution is -2.60. The van der Waals surface area contributed by atoms with Crippen molar-refractivity contribution in [3.8, 4) is 0 Å². The predicted octanol–water partition coefficient (Wildman–Crippen LogP) is 8.78. The molecule has 12 nitrogen and oxygen atoms in total. The zero-order valence-corrected chi connectivity index (χ0v) is 36.3. The van der Waals surface area contributed by atoms with Gasteiger partial charge in [0.25, 0.3) is 10.1 Å². The Morgan fingerprint density at radius 3 is 1.66 bits per heavy atom. The van der Waals surface area contributed by atoms with Crippen molar-refractivity contribution in [1.29, 1.82) is 0 Å². The van der Waals surface area contributed by atoms with Gasteiger partial charge in [-0.2, -0.15) is 8.42 Å². The van der Waals surface area contributed by atoms with Crippen molar-refractivity contribution in [2.24, 2.45) is 0 Å². The number of ether oxygens (including phenoxy) is 4. The van der Waals surface area contributed by atoms with Crippen LogP contribution in [-0.4, -0.2) is 96.0 Å². The summed E-state index contributed by atoms with van der Waals surface area (Å²) in [5.74, 6) is -2.01. The number of aliphatic hydroxyl groups is 3. The molecule has 1 rings (SSSR count). The third-order valence-corrected chi connectivity index (χ3v) is 10.8. The summed E-state index contributed by atoms with van der Waals surface area (Å²) in [5.41, 5.74) is 0. The zero-order valence-electron chi connectivity index (χ0n) is 35.5. The lowest BCUT2D eigenvalue weighted by Gasteiger charge is -2.40. The molecular weight excluding hydrogens is 765 g/mol. The molecule has 1 aliphatic rings. The average Bonchev–Trinajstić information content (AvgIpc) is 3.18. The zero-order chi connectivity index (χ0) is 42.7. The van der Waals surface area contributed by atoms with Gasteiger partial charge in [-0.05, 0) is 57.8 Å². The van der Waals surface area contributed by atoms with Crippen molar-refractivity contribution < 1.29 is 56.8 Å². The maximum atomic E-state index is 12.8. The van der Waals surface area contributed by atoms with Gasteiger partial charge in [0.1, 0.15) is 36.8 Å². The van der Waals surface area contributed by atoms with E-state index in [2.05, 4.69) is 50.0 Å². The smallest absolute Gasteiger partial charge is 0.306 e. The van der Waals surface area contributed by atoms with Crippen molar-refractivity contribution in [2.75, 3.05) is 19.0 Å². The van der Waals surface area contributed by atoms with Crippen LogP contribution in [0.4, 0.5) is 0 Å². The second-order valence-electron chi connectivity index (χ2n) is 15.4. The van der Waals surface area contributed by atoms with Crippen LogP contribution in [0.25, 0.3) is 0 Å². The third kappa shape index (κ3) is 29.8. The molecule has 0 aromatic rings. The number of allylic oxidation sites excluding steroid dienone is 7. The highest BCUT2D eigenvalue weighted by molar-refractivity contribution is 7.85. The Morgan fingerprint density at radius 2 is 1.12 bits per heavy atom. The van der Waals surface area contributed by atoms with E-state index in [1.165, 1.54) is 57.8 Å². The van der Waals surface area contributed by atoms with Crippen LogP contribution in [-0.2, 0) is 38.7 Å². The van der Waals surface area contributed by atoms with Gasteiger partial charge in [-0.1, -0.05) is 139 Å². The number of carbonyl (C=O) groups is 2. The Labute approximate surface area is 350 Å². The van der Waals surface area contributed by atoms with Crippen molar-refractivity contribution in [3.63, 3.8) is 0 Å². The molecule has 6 atom stereocenters. The van der Waals surface area contributed by atoms with Gasteiger partial charge in [0.2, 0.25) is 0 Å². The minimum Gasteiger partial charge on any atom is -0.462 e.